The molecule has 4 nitrogen and oxygen atoms in total. The lowest BCUT2D eigenvalue weighted by Crippen LogP contribution is -2.23. The van der Waals surface area contributed by atoms with E-state index < -0.39 is 5.91 Å². The molecular formula is C6H9N3O. The summed E-state index contributed by atoms with van der Waals surface area (Å²) >= 11 is 0. The van der Waals surface area contributed by atoms with E-state index in [4.69, 9.17) is 5.73 Å². The van der Waals surface area contributed by atoms with Crippen LogP contribution in [-0.2, 0) is 4.79 Å². The standard InChI is InChI=1S/C6H9N3O/c1-9-3-5(6(7)10)2-8-4-9/h3-4H,2H2,1H3,(H2,7,10). The maximum Gasteiger partial charge on any atom is 0.247 e. The molecule has 0 radical (unpaired) electrons. The second-order valence-corrected chi connectivity index (χ2v) is 2.14. The van der Waals surface area contributed by atoms with Crippen LogP contribution in [0, 0.1) is 0 Å². The highest BCUT2D eigenvalue weighted by Gasteiger charge is 2.07. The third-order valence-corrected chi connectivity index (χ3v) is 1.20. The number of aliphatic imine (C=N–C) groups is 1. The molecule has 0 aromatic rings. The normalized spacial score (nSPS) is 16.9. The van der Waals surface area contributed by atoms with Crippen LogP contribution in [0.15, 0.2) is 16.8 Å². The van der Waals surface area contributed by atoms with Gasteiger partial charge in [-0.3, -0.25) is 9.79 Å². The summed E-state index contributed by atoms with van der Waals surface area (Å²) in [6, 6.07) is 0. The fourth-order valence-corrected chi connectivity index (χ4v) is 0.729. The lowest BCUT2D eigenvalue weighted by atomic mass is 10.2. The molecule has 1 aliphatic heterocycles. The minimum Gasteiger partial charge on any atom is -0.366 e. The van der Waals surface area contributed by atoms with Crippen molar-refractivity contribution in [2.24, 2.45) is 10.7 Å². The van der Waals surface area contributed by atoms with E-state index in [0.29, 0.717) is 12.1 Å². The van der Waals surface area contributed by atoms with E-state index in [1.165, 1.54) is 0 Å². The Bertz CT molecular complexity index is 207. The Hall–Kier alpha value is -1.32. The van der Waals surface area contributed by atoms with Gasteiger partial charge in [-0.2, -0.15) is 0 Å². The summed E-state index contributed by atoms with van der Waals surface area (Å²) in [6.45, 7) is 0.402. The molecule has 0 saturated carbocycles. The summed E-state index contributed by atoms with van der Waals surface area (Å²) in [5.41, 5.74) is 5.57. The fourth-order valence-electron chi connectivity index (χ4n) is 0.729. The Labute approximate surface area is 59.0 Å². The predicted octanol–water partition coefficient (Wildman–Crippen LogP) is -0.671. The molecule has 54 valence electrons. The predicted molar refractivity (Wildman–Crippen MR) is 38.4 cm³/mol. The summed E-state index contributed by atoms with van der Waals surface area (Å²) in [4.78, 5) is 16.1. The molecule has 0 aromatic carbocycles. The smallest absolute Gasteiger partial charge is 0.247 e. The highest BCUT2D eigenvalue weighted by molar-refractivity contribution is 5.93. The Balaban J connectivity index is 2.71. The van der Waals surface area contributed by atoms with Gasteiger partial charge in [-0.1, -0.05) is 0 Å². The molecular weight excluding hydrogens is 130 g/mol. The summed E-state index contributed by atoms with van der Waals surface area (Å²) in [5, 5.41) is 0. The van der Waals surface area contributed by atoms with Gasteiger partial charge < -0.3 is 10.6 Å². The van der Waals surface area contributed by atoms with Crippen LogP contribution in [0.5, 0.6) is 0 Å². The molecule has 1 aliphatic rings. The van der Waals surface area contributed by atoms with Crippen molar-refractivity contribution in [1.82, 2.24) is 4.90 Å². The Morgan fingerprint density at radius 1 is 1.90 bits per heavy atom. The third kappa shape index (κ3) is 1.34. The Kier molecular flexibility index (Phi) is 1.71. The van der Waals surface area contributed by atoms with Crippen molar-refractivity contribution >= 4 is 12.2 Å². The average Bonchev–Trinajstić information content (AvgIpc) is 1.88. The largest absolute Gasteiger partial charge is 0.366 e. The minimum atomic E-state index is -0.399. The number of carbonyl (C=O) groups is 1. The number of hydrogen-bond acceptors (Lipinski definition) is 3. The van der Waals surface area contributed by atoms with Crippen molar-refractivity contribution in [2.75, 3.05) is 13.6 Å². The molecule has 4 heteroatoms. The van der Waals surface area contributed by atoms with E-state index >= 15 is 0 Å². The van der Waals surface area contributed by atoms with Crippen LogP contribution >= 0.6 is 0 Å². The number of hydrogen-bond donors (Lipinski definition) is 1. The van der Waals surface area contributed by atoms with Gasteiger partial charge >= 0.3 is 0 Å². The van der Waals surface area contributed by atoms with Crippen molar-refractivity contribution in [3.8, 4) is 0 Å². The van der Waals surface area contributed by atoms with Crippen LogP contribution in [0.3, 0.4) is 0 Å². The summed E-state index contributed by atoms with van der Waals surface area (Å²) in [5.74, 6) is -0.399. The van der Waals surface area contributed by atoms with Gasteiger partial charge in [-0.05, 0) is 0 Å². The van der Waals surface area contributed by atoms with E-state index in [0.717, 1.165) is 0 Å². The van der Waals surface area contributed by atoms with Crippen molar-refractivity contribution < 1.29 is 4.79 Å². The molecule has 0 fully saturated rings. The molecule has 1 amide bonds. The number of rotatable bonds is 1. The van der Waals surface area contributed by atoms with Crippen molar-refractivity contribution in [2.45, 2.75) is 0 Å². The summed E-state index contributed by atoms with van der Waals surface area (Å²) in [7, 11) is 1.80. The maximum atomic E-state index is 10.6. The average molecular weight is 139 g/mol. The van der Waals surface area contributed by atoms with Gasteiger partial charge in [0.05, 0.1) is 18.5 Å². The summed E-state index contributed by atoms with van der Waals surface area (Å²) < 4.78 is 0. The molecule has 0 aliphatic carbocycles. The topological polar surface area (TPSA) is 58.7 Å². The second-order valence-electron chi connectivity index (χ2n) is 2.14. The van der Waals surface area contributed by atoms with Crippen LogP contribution < -0.4 is 5.73 Å². The van der Waals surface area contributed by atoms with Crippen LogP contribution in [0.25, 0.3) is 0 Å². The number of amides is 1. The zero-order chi connectivity index (χ0) is 7.56. The third-order valence-electron chi connectivity index (χ3n) is 1.20. The van der Waals surface area contributed by atoms with Crippen LogP contribution in [0.1, 0.15) is 0 Å². The fraction of sp³-hybridized carbons (Fsp3) is 0.333. The number of carbonyl (C=O) groups excluding carboxylic acids is 1. The number of nitrogens with two attached hydrogens (primary N) is 1. The van der Waals surface area contributed by atoms with Crippen LogP contribution in [0.4, 0.5) is 0 Å². The molecule has 0 atom stereocenters. The molecule has 0 bridgehead atoms. The van der Waals surface area contributed by atoms with Gasteiger partial charge in [0.15, 0.2) is 0 Å². The zero-order valence-electron chi connectivity index (χ0n) is 5.74. The molecule has 0 aromatic heterocycles. The lowest BCUT2D eigenvalue weighted by molar-refractivity contribution is -0.114. The van der Waals surface area contributed by atoms with E-state index in [1.54, 1.807) is 24.5 Å². The van der Waals surface area contributed by atoms with Gasteiger partial charge in [-0.25, -0.2) is 0 Å². The zero-order valence-corrected chi connectivity index (χ0v) is 5.74. The van der Waals surface area contributed by atoms with Crippen LogP contribution in [0.2, 0.25) is 0 Å². The molecule has 1 heterocycles. The molecule has 1 rings (SSSR count). The molecule has 0 unspecified atom stereocenters. The molecule has 0 spiro atoms. The highest BCUT2D eigenvalue weighted by Crippen LogP contribution is 1.99. The lowest BCUT2D eigenvalue weighted by Gasteiger charge is -2.12. The van der Waals surface area contributed by atoms with Crippen LogP contribution in [-0.4, -0.2) is 30.7 Å². The van der Waals surface area contributed by atoms with E-state index in [9.17, 15) is 4.79 Å². The number of nitrogens with zero attached hydrogens (tertiary/aromatic N) is 2. The van der Waals surface area contributed by atoms with Gasteiger partial charge in [0.25, 0.3) is 0 Å². The number of primary amides is 1. The minimum absolute atomic E-state index is 0.399. The first-order chi connectivity index (χ1) is 4.70. The Morgan fingerprint density at radius 3 is 3.00 bits per heavy atom. The van der Waals surface area contributed by atoms with Gasteiger partial charge in [0, 0.05) is 13.2 Å². The molecule has 2 N–H and O–H groups in total. The van der Waals surface area contributed by atoms with E-state index in [-0.39, 0.29) is 0 Å². The highest BCUT2D eigenvalue weighted by atomic mass is 16.1. The molecule has 10 heavy (non-hydrogen) atoms. The first kappa shape index (κ1) is 6.80. The second kappa shape index (κ2) is 2.51. The monoisotopic (exact) mass is 139 g/mol. The first-order valence-corrected chi connectivity index (χ1v) is 2.92. The van der Waals surface area contributed by atoms with Crippen molar-refractivity contribution in [3.05, 3.63) is 11.8 Å². The quantitative estimate of drug-likeness (QED) is 0.523. The van der Waals surface area contributed by atoms with Gasteiger partial charge in [-0.15, -0.1) is 0 Å². The van der Waals surface area contributed by atoms with Gasteiger partial charge in [0.2, 0.25) is 5.91 Å². The molecule has 0 saturated heterocycles. The van der Waals surface area contributed by atoms with E-state index in [1.807, 2.05) is 0 Å². The first-order valence-electron chi connectivity index (χ1n) is 2.92. The Morgan fingerprint density at radius 2 is 2.60 bits per heavy atom. The van der Waals surface area contributed by atoms with Crippen molar-refractivity contribution in [3.63, 3.8) is 0 Å². The van der Waals surface area contributed by atoms with Gasteiger partial charge in [0.1, 0.15) is 0 Å². The SMILES string of the molecule is CN1C=NCC(C(N)=O)=C1. The van der Waals surface area contributed by atoms with E-state index in [2.05, 4.69) is 4.99 Å². The van der Waals surface area contributed by atoms with Crippen molar-refractivity contribution in [1.29, 1.82) is 0 Å². The maximum absolute atomic E-state index is 10.6. The summed E-state index contributed by atoms with van der Waals surface area (Å²) in [6.07, 6.45) is 3.32.